The first-order valence-corrected chi connectivity index (χ1v) is 7.01. The van der Waals surface area contributed by atoms with Crippen LogP contribution in [-0.4, -0.2) is 50.8 Å². The van der Waals surface area contributed by atoms with Gasteiger partial charge in [0.05, 0.1) is 26.0 Å². The van der Waals surface area contributed by atoms with Gasteiger partial charge in [-0.2, -0.15) is 0 Å². The molecule has 0 spiro atoms. The van der Waals surface area contributed by atoms with Crippen molar-refractivity contribution >= 4 is 23.2 Å². The van der Waals surface area contributed by atoms with Crippen LogP contribution in [0.2, 0.25) is 5.02 Å². The van der Waals surface area contributed by atoms with E-state index in [9.17, 15) is 4.79 Å². The highest BCUT2D eigenvalue weighted by Crippen LogP contribution is 2.27. The Morgan fingerprint density at radius 2 is 2.20 bits per heavy atom. The number of rotatable bonds is 5. The number of nitrogens with zero attached hydrogens (tertiary/aromatic N) is 1. The molecule has 0 aliphatic carbocycles. The van der Waals surface area contributed by atoms with Gasteiger partial charge < -0.3 is 19.7 Å². The molecule has 1 heterocycles. The summed E-state index contributed by atoms with van der Waals surface area (Å²) in [6, 6.07) is 5.36. The van der Waals surface area contributed by atoms with Crippen molar-refractivity contribution in [1.29, 1.82) is 0 Å². The lowest BCUT2D eigenvalue weighted by molar-refractivity contribution is -0.134. The third-order valence-corrected chi connectivity index (χ3v) is 3.41. The van der Waals surface area contributed by atoms with Gasteiger partial charge in [-0.1, -0.05) is 11.6 Å². The molecule has 1 aromatic carbocycles. The van der Waals surface area contributed by atoms with Crippen LogP contribution >= 0.6 is 11.6 Å². The molecule has 6 heteroatoms. The molecule has 0 aromatic heterocycles. The number of anilines is 1. The number of carbonyl (C=O) groups is 1. The lowest BCUT2D eigenvalue weighted by Gasteiger charge is -2.27. The second-order valence-corrected chi connectivity index (χ2v) is 4.95. The number of morpholine rings is 1. The van der Waals surface area contributed by atoms with E-state index in [1.165, 1.54) is 0 Å². The van der Waals surface area contributed by atoms with E-state index in [0.29, 0.717) is 50.0 Å². The number of hydrogen-bond donors (Lipinski definition) is 1. The maximum atomic E-state index is 12.0. The third-order valence-electron chi connectivity index (χ3n) is 3.18. The predicted molar refractivity (Wildman–Crippen MR) is 78.5 cm³/mol. The van der Waals surface area contributed by atoms with Crippen molar-refractivity contribution < 1.29 is 14.3 Å². The highest BCUT2D eigenvalue weighted by atomic mass is 35.5. The SMILES string of the molecule is COc1ccc(Cl)cc1NCCC(=O)N1CCOCC1. The third kappa shape index (κ3) is 4.02. The highest BCUT2D eigenvalue weighted by Gasteiger charge is 2.16. The van der Waals surface area contributed by atoms with Crippen molar-refractivity contribution in [1.82, 2.24) is 4.90 Å². The van der Waals surface area contributed by atoms with E-state index in [4.69, 9.17) is 21.1 Å². The summed E-state index contributed by atoms with van der Waals surface area (Å²) in [5.74, 6) is 0.856. The summed E-state index contributed by atoms with van der Waals surface area (Å²) in [6.45, 7) is 3.16. The van der Waals surface area contributed by atoms with Crippen LogP contribution in [0, 0.1) is 0 Å². The molecule has 0 saturated carbocycles. The van der Waals surface area contributed by atoms with Crippen molar-refractivity contribution in [2.75, 3.05) is 45.3 Å². The molecule has 20 heavy (non-hydrogen) atoms. The fourth-order valence-corrected chi connectivity index (χ4v) is 2.27. The van der Waals surface area contributed by atoms with Crippen LogP contribution < -0.4 is 10.1 Å². The Morgan fingerprint density at radius 3 is 2.90 bits per heavy atom. The van der Waals surface area contributed by atoms with Gasteiger partial charge in [-0.15, -0.1) is 0 Å². The van der Waals surface area contributed by atoms with Crippen LogP contribution in [0.5, 0.6) is 5.75 Å². The minimum atomic E-state index is 0.141. The smallest absolute Gasteiger partial charge is 0.224 e. The van der Waals surface area contributed by atoms with Crippen molar-refractivity contribution in [2.24, 2.45) is 0 Å². The van der Waals surface area contributed by atoms with Crippen LogP contribution in [0.4, 0.5) is 5.69 Å². The molecule has 5 nitrogen and oxygen atoms in total. The molecule has 1 aliphatic heterocycles. The molecule has 0 atom stereocenters. The number of methoxy groups -OCH3 is 1. The normalized spacial score (nSPS) is 15.0. The van der Waals surface area contributed by atoms with Gasteiger partial charge >= 0.3 is 0 Å². The topological polar surface area (TPSA) is 50.8 Å². The van der Waals surface area contributed by atoms with E-state index >= 15 is 0 Å². The molecule has 1 N–H and O–H groups in total. The van der Waals surface area contributed by atoms with Crippen LogP contribution in [-0.2, 0) is 9.53 Å². The molecule has 1 aromatic rings. The molecule has 1 aliphatic rings. The molecule has 110 valence electrons. The first-order valence-electron chi connectivity index (χ1n) is 6.63. The lowest BCUT2D eigenvalue weighted by atomic mass is 10.2. The van der Waals surface area contributed by atoms with Gasteiger partial charge in [0.25, 0.3) is 0 Å². The van der Waals surface area contributed by atoms with Crippen LogP contribution in [0.25, 0.3) is 0 Å². The minimum absolute atomic E-state index is 0.141. The molecular formula is C14H19ClN2O3. The second kappa shape index (κ2) is 7.36. The molecule has 0 unspecified atom stereocenters. The monoisotopic (exact) mass is 298 g/mol. The molecule has 1 fully saturated rings. The fraction of sp³-hybridized carbons (Fsp3) is 0.500. The van der Waals surface area contributed by atoms with Crippen molar-refractivity contribution in [3.05, 3.63) is 23.2 Å². The molecular weight excluding hydrogens is 280 g/mol. The Bertz CT molecular complexity index is 462. The zero-order chi connectivity index (χ0) is 14.4. The number of halogens is 1. The number of amides is 1. The number of nitrogens with one attached hydrogen (secondary N) is 1. The first-order chi connectivity index (χ1) is 9.70. The van der Waals surface area contributed by atoms with E-state index in [0.717, 1.165) is 5.69 Å². The Balaban J connectivity index is 1.83. The Hall–Kier alpha value is -1.46. The van der Waals surface area contributed by atoms with Crippen LogP contribution in [0.15, 0.2) is 18.2 Å². The van der Waals surface area contributed by atoms with E-state index in [2.05, 4.69) is 5.32 Å². The van der Waals surface area contributed by atoms with Gasteiger partial charge in [0.1, 0.15) is 5.75 Å². The summed E-state index contributed by atoms with van der Waals surface area (Å²) in [4.78, 5) is 13.8. The Labute approximate surface area is 123 Å². The largest absolute Gasteiger partial charge is 0.495 e. The van der Waals surface area contributed by atoms with Gasteiger partial charge in [-0.25, -0.2) is 0 Å². The molecule has 2 rings (SSSR count). The quantitative estimate of drug-likeness (QED) is 0.903. The van der Waals surface area contributed by atoms with Crippen LogP contribution in [0.1, 0.15) is 6.42 Å². The summed E-state index contributed by atoms with van der Waals surface area (Å²) in [5.41, 5.74) is 0.801. The summed E-state index contributed by atoms with van der Waals surface area (Å²) in [6.07, 6.45) is 0.440. The van der Waals surface area contributed by atoms with E-state index < -0.39 is 0 Å². The summed E-state index contributed by atoms with van der Waals surface area (Å²) in [5, 5.41) is 3.82. The zero-order valence-electron chi connectivity index (χ0n) is 11.5. The lowest BCUT2D eigenvalue weighted by Crippen LogP contribution is -2.41. The number of carbonyl (C=O) groups excluding carboxylic acids is 1. The number of ether oxygens (including phenoxy) is 2. The van der Waals surface area contributed by atoms with Gasteiger partial charge in [-0.3, -0.25) is 4.79 Å². The highest BCUT2D eigenvalue weighted by molar-refractivity contribution is 6.30. The minimum Gasteiger partial charge on any atom is -0.495 e. The van der Waals surface area contributed by atoms with Gasteiger partial charge in [-0.05, 0) is 18.2 Å². The standard InChI is InChI=1S/C14H19ClN2O3/c1-19-13-3-2-11(15)10-12(13)16-5-4-14(18)17-6-8-20-9-7-17/h2-3,10,16H,4-9H2,1H3. The average Bonchev–Trinajstić information content (AvgIpc) is 2.48. The van der Waals surface area contributed by atoms with Gasteiger partial charge in [0.2, 0.25) is 5.91 Å². The molecule has 1 saturated heterocycles. The first kappa shape index (κ1) is 14.9. The maximum absolute atomic E-state index is 12.0. The van der Waals surface area contributed by atoms with Crippen molar-refractivity contribution in [3.8, 4) is 5.75 Å². The van der Waals surface area contributed by atoms with E-state index in [1.807, 2.05) is 4.90 Å². The van der Waals surface area contributed by atoms with E-state index in [-0.39, 0.29) is 5.91 Å². The van der Waals surface area contributed by atoms with Crippen molar-refractivity contribution in [2.45, 2.75) is 6.42 Å². The summed E-state index contributed by atoms with van der Waals surface area (Å²) < 4.78 is 10.5. The summed E-state index contributed by atoms with van der Waals surface area (Å²) in [7, 11) is 1.60. The summed E-state index contributed by atoms with van der Waals surface area (Å²) >= 11 is 5.95. The maximum Gasteiger partial charge on any atom is 0.224 e. The predicted octanol–water partition coefficient (Wildman–Crippen LogP) is 2.01. The fourth-order valence-electron chi connectivity index (χ4n) is 2.09. The van der Waals surface area contributed by atoms with Crippen molar-refractivity contribution in [3.63, 3.8) is 0 Å². The van der Waals surface area contributed by atoms with Crippen LogP contribution in [0.3, 0.4) is 0 Å². The average molecular weight is 299 g/mol. The number of hydrogen-bond acceptors (Lipinski definition) is 4. The molecule has 1 amide bonds. The van der Waals surface area contributed by atoms with E-state index in [1.54, 1.807) is 25.3 Å². The number of benzene rings is 1. The zero-order valence-corrected chi connectivity index (χ0v) is 12.3. The Morgan fingerprint density at radius 1 is 1.45 bits per heavy atom. The van der Waals surface area contributed by atoms with Gasteiger partial charge in [0, 0.05) is 31.1 Å². The molecule has 0 radical (unpaired) electrons. The second-order valence-electron chi connectivity index (χ2n) is 4.51. The molecule has 0 bridgehead atoms. The van der Waals surface area contributed by atoms with Gasteiger partial charge in [0.15, 0.2) is 0 Å². The Kier molecular flexibility index (Phi) is 5.49.